The van der Waals surface area contributed by atoms with Gasteiger partial charge in [-0.25, -0.2) is 4.98 Å². The van der Waals surface area contributed by atoms with Gasteiger partial charge in [0, 0.05) is 36.6 Å². The summed E-state index contributed by atoms with van der Waals surface area (Å²) in [6, 6.07) is 25.4. The minimum absolute atomic E-state index is 0.0492. The maximum atomic E-state index is 13.2. The summed E-state index contributed by atoms with van der Waals surface area (Å²) in [4.78, 5) is 19.8. The summed E-state index contributed by atoms with van der Waals surface area (Å²) >= 11 is 0. The van der Waals surface area contributed by atoms with Crippen LogP contribution in [0.1, 0.15) is 36.8 Å². The van der Waals surface area contributed by atoms with Crippen LogP contribution in [0.2, 0.25) is 0 Å². The minimum atomic E-state index is -0.312. The van der Waals surface area contributed by atoms with Gasteiger partial charge in [-0.2, -0.15) is 0 Å². The number of carbonyl (C=O) groups excluding carboxylic acids is 1. The molecule has 1 aromatic heterocycles. The molecule has 3 aromatic carbocycles. The Kier molecular flexibility index (Phi) is 6.05. The van der Waals surface area contributed by atoms with Gasteiger partial charge in [0.2, 0.25) is 5.89 Å². The van der Waals surface area contributed by atoms with E-state index in [1.807, 2.05) is 85.7 Å². The molecule has 1 N–H and O–H groups in total. The van der Waals surface area contributed by atoms with Gasteiger partial charge in [-0.1, -0.05) is 63.2 Å². The van der Waals surface area contributed by atoms with Gasteiger partial charge in [-0.05, 0) is 47.4 Å². The zero-order chi connectivity index (χ0) is 23.6. The quantitative estimate of drug-likeness (QED) is 0.379. The molecule has 0 saturated carbocycles. The van der Waals surface area contributed by atoms with Gasteiger partial charge < -0.3 is 14.6 Å². The number of anilines is 2. The van der Waals surface area contributed by atoms with E-state index in [2.05, 4.69) is 43.2 Å². The minimum Gasteiger partial charge on any atom is -0.435 e. The molecule has 0 aliphatic heterocycles. The monoisotopic (exact) mass is 439 g/mol. The Balaban J connectivity index is 1.77. The molecule has 1 amide bonds. The van der Waals surface area contributed by atoms with Gasteiger partial charge in [0.25, 0.3) is 5.91 Å². The summed E-state index contributed by atoms with van der Waals surface area (Å²) in [6.07, 6.45) is 0. The topological polar surface area (TPSA) is 58.4 Å². The number of hydrogen-bond donors (Lipinski definition) is 1. The second-order valence-electron chi connectivity index (χ2n) is 9.29. The smallest absolute Gasteiger partial charge is 0.278 e. The summed E-state index contributed by atoms with van der Waals surface area (Å²) in [5.74, 6) is 0.550. The fourth-order valence-electron chi connectivity index (χ4n) is 3.54. The average molecular weight is 440 g/mol. The van der Waals surface area contributed by atoms with Crippen molar-refractivity contribution >= 4 is 17.3 Å². The van der Waals surface area contributed by atoms with E-state index in [4.69, 9.17) is 4.42 Å². The molecule has 0 radical (unpaired) electrons. The third-order valence-electron chi connectivity index (χ3n) is 5.50. The normalized spacial score (nSPS) is 11.3. The average Bonchev–Trinajstić information content (AvgIpc) is 3.25. The van der Waals surface area contributed by atoms with Crippen LogP contribution in [0.5, 0.6) is 0 Å². The molecule has 0 bridgehead atoms. The van der Waals surface area contributed by atoms with E-state index in [1.165, 1.54) is 5.56 Å². The van der Waals surface area contributed by atoms with Crippen molar-refractivity contribution in [1.29, 1.82) is 0 Å². The lowest BCUT2D eigenvalue weighted by atomic mass is 9.87. The number of amides is 1. The Hall–Kier alpha value is -3.86. The second kappa shape index (κ2) is 8.94. The van der Waals surface area contributed by atoms with Crippen molar-refractivity contribution < 1.29 is 9.21 Å². The van der Waals surface area contributed by atoms with E-state index in [1.54, 1.807) is 0 Å². The molecule has 33 heavy (non-hydrogen) atoms. The highest BCUT2D eigenvalue weighted by Gasteiger charge is 2.23. The molecule has 1 heterocycles. The first-order chi connectivity index (χ1) is 15.7. The van der Waals surface area contributed by atoms with E-state index >= 15 is 0 Å². The van der Waals surface area contributed by atoms with Crippen LogP contribution in [0, 0.1) is 0 Å². The first kappa shape index (κ1) is 22.3. The molecule has 4 aromatic rings. The zero-order valence-electron chi connectivity index (χ0n) is 19.7. The zero-order valence-corrected chi connectivity index (χ0v) is 19.7. The van der Waals surface area contributed by atoms with Gasteiger partial charge in [0.05, 0.1) is 0 Å². The van der Waals surface area contributed by atoms with Crippen LogP contribution in [0.4, 0.5) is 11.4 Å². The van der Waals surface area contributed by atoms with Crippen molar-refractivity contribution in [3.63, 3.8) is 0 Å². The maximum absolute atomic E-state index is 13.2. The van der Waals surface area contributed by atoms with Crippen LogP contribution in [-0.2, 0) is 5.41 Å². The Labute approximate surface area is 195 Å². The lowest BCUT2D eigenvalue weighted by Crippen LogP contribution is -2.13. The molecule has 168 valence electrons. The molecule has 5 heteroatoms. The number of para-hydroxylation sites is 1. The largest absolute Gasteiger partial charge is 0.435 e. The van der Waals surface area contributed by atoms with E-state index in [0.29, 0.717) is 17.3 Å². The number of oxazole rings is 1. The lowest BCUT2D eigenvalue weighted by Gasteiger charge is -2.18. The van der Waals surface area contributed by atoms with E-state index < -0.39 is 0 Å². The van der Waals surface area contributed by atoms with Gasteiger partial charge in [0.15, 0.2) is 11.5 Å². The highest BCUT2D eigenvalue weighted by molar-refractivity contribution is 6.06. The van der Waals surface area contributed by atoms with Gasteiger partial charge in [-0.15, -0.1) is 0 Å². The predicted molar refractivity (Wildman–Crippen MR) is 135 cm³/mol. The number of hydrogen-bond acceptors (Lipinski definition) is 4. The fourth-order valence-corrected chi connectivity index (χ4v) is 3.54. The first-order valence-corrected chi connectivity index (χ1v) is 11.0. The van der Waals surface area contributed by atoms with E-state index in [-0.39, 0.29) is 17.0 Å². The highest BCUT2D eigenvalue weighted by atomic mass is 16.4. The number of carbonyl (C=O) groups is 1. The van der Waals surface area contributed by atoms with Crippen LogP contribution < -0.4 is 10.2 Å². The van der Waals surface area contributed by atoms with Crippen LogP contribution in [0.3, 0.4) is 0 Å². The molecule has 0 aliphatic rings. The lowest BCUT2D eigenvalue weighted by molar-refractivity contribution is 0.102. The molecule has 0 unspecified atom stereocenters. The van der Waals surface area contributed by atoms with Crippen molar-refractivity contribution in [3.05, 3.63) is 90.1 Å². The van der Waals surface area contributed by atoms with E-state index in [0.717, 1.165) is 16.8 Å². The summed E-state index contributed by atoms with van der Waals surface area (Å²) in [6.45, 7) is 6.53. The summed E-state index contributed by atoms with van der Waals surface area (Å²) < 4.78 is 6.22. The summed E-state index contributed by atoms with van der Waals surface area (Å²) in [5, 5.41) is 2.93. The summed E-state index contributed by atoms with van der Waals surface area (Å²) in [5.41, 5.74) is 4.86. The van der Waals surface area contributed by atoms with Crippen molar-refractivity contribution in [2.75, 3.05) is 24.3 Å². The standard InChI is InChI=1S/C28H29N3O2/c1-28(2,3)21-16-14-19(15-17-21)27-30-24(26(32)29-22-11-7-6-8-12-22)25(33-27)20-10-9-13-23(18-20)31(4)5/h6-18H,1-5H3,(H,29,32). The molecule has 0 fully saturated rings. The molecule has 4 rings (SSSR count). The van der Waals surface area contributed by atoms with Gasteiger partial charge in [-0.3, -0.25) is 4.79 Å². The third-order valence-corrected chi connectivity index (χ3v) is 5.50. The summed E-state index contributed by atoms with van der Waals surface area (Å²) in [7, 11) is 3.95. The first-order valence-electron chi connectivity index (χ1n) is 11.0. The van der Waals surface area contributed by atoms with Crippen LogP contribution in [-0.4, -0.2) is 25.0 Å². The highest BCUT2D eigenvalue weighted by Crippen LogP contribution is 2.33. The number of nitrogens with one attached hydrogen (secondary N) is 1. The Morgan fingerprint density at radius 2 is 1.58 bits per heavy atom. The van der Waals surface area contributed by atoms with Gasteiger partial charge in [0.1, 0.15) is 0 Å². The Morgan fingerprint density at radius 1 is 0.879 bits per heavy atom. The second-order valence-corrected chi connectivity index (χ2v) is 9.29. The third kappa shape index (κ3) is 4.98. The molecular formula is C28H29N3O2. The molecule has 0 saturated heterocycles. The van der Waals surface area contributed by atoms with Crippen LogP contribution in [0.25, 0.3) is 22.8 Å². The Morgan fingerprint density at radius 3 is 2.21 bits per heavy atom. The molecular weight excluding hydrogens is 410 g/mol. The van der Waals surface area contributed by atoms with E-state index in [9.17, 15) is 4.79 Å². The maximum Gasteiger partial charge on any atom is 0.278 e. The van der Waals surface area contributed by atoms with Crippen molar-refractivity contribution in [1.82, 2.24) is 4.98 Å². The van der Waals surface area contributed by atoms with Gasteiger partial charge >= 0.3 is 0 Å². The SMILES string of the molecule is CN(C)c1cccc(-c2oc(-c3ccc(C(C)(C)C)cc3)nc2C(=O)Nc2ccccc2)c1. The van der Waals surface area contributed by atoms with Crippen LogP contribution >= 0.6 is 0 Å². The molecule has 0 spiro atoms. The Bertz CT molecular complexity index is 1250. The number of aromatic nitrogens is 1. The molecule has 0 aliphatic carbocycles. The van der Waals surface area contributed by atoms with Crippen molar-refractivity contribution in [2.45, 2.75) is 26.2 Å². The fraction of sp³-hybridized carbons (Fsp3) is 0.214. The number of nitrogens with zero attached hydrogens (tertiary/aromatic N) is 2. The van der Waals surface area contributed by atoms with Crippen LogP contribution in [0.15, 0.2) is 83.3 Å². The number of rotatable bonds is 5. The molecule has 0 atom stereocenters. The number of benzene rings is 3. The van der Waals surface area contributed by atoms with Crippen molar-refractivity contribution in [3.8, 4) is 22.8 Å². The van der Waals surface area contributed by atoms with Crippen molar-refractivity contribution in [2.24, 2.45) is 0 Å². The predicted octanol–water partition coefficient (Wildman–Crippen LogP) is 6.62. The molecule has 5 nitrogen and oxygen atoms in total.